The number of aromatic nitrogens is 4. The van der Waals surface area contributed by atoms with Crippen molar-refractivity contribution in [1.82, 2.24) is 19.7 Å². The van der Waals surface area contributed by atoms with E-state index in [-0.39, 0.29) is 29.5 Å². The summed E-state index contributed by atoms with van der Waals surface area (Å²) in [5.74, 6) is 1.40. The quantitative estimate of drug-likeness (QED) is 0.255. The summed E-state index contributed by atoms with van der Waals surface area (Å²) in [6.07, 6.45) is 6.58. The number of hydrogen-bond donors (Lipinski definition) is 1. The second-order valence-electron chi connectivity index (χ2n) is 10.0. The summed E-state index contributed by atoms with van der Waals surface area (Å²) in [7, 11) is 0. The molecule has 0 radical (unpaired) electrons. The van der Waals surface area contributed by atoms with Crippen LogP contribution >= 0.6 is 11.6 Å². The van der Waals surface area contributed by atoms with Gasteiger partial charge in [0.1, 0.15) is 23.0 Å². The normalized spacial score (nSPS) is 14.9. The maximum atomic E-state index is 13.3. The maximum absolute atomic E-state index is 13.3. The standard InChI is InChI=1S/C29H29ClN4O5/c1-2-3-7-23-31-27(35)25(28-33-32-24(39-28)16-17-8-10-18(30)11-9-17)29(36)34(23)26-21(37-19-12-13-19)5-4-6-22(26)38-20-14-15-20/h4-6,8-11,19-20,36H,2-3,7,12-16H2,1H3. The molecule has 1 N–H and O–H groups in total. The summed E-state index contributed by atoms with van der Waals surface area (Å²) in [6, 6.07) is 12.9. The first-order chi connectivity index (χ1) is 19.0. The van der Waals surface area contributed by atoms with E-state index < -0.39 is 5.56 Å². The average molecular weight is 549 g/mol. The molecule has 0 bridgehead atoms. The molecule has 9 nitrogen and oxygen atoms in total. The van der Waals surface area contributed by atoms with Crippen molar-refractivity contribution in [2.24, 2.45) is 0 Å². The summed E-state index contributed by atoms with van der Waals surface area (Å²) in [4.78, 5) is 17.7. The van der Waals surface area contributed by atoms with Crippen LogP contribution in [0.4, 0.5) is 0 Å². The Labute approximate surface area is 230 Å². The largest absolute Gasteiger partial charge is 0.493 e. The average Bonchev–Trinajstić information content (AvgIpc) is 3.86. The lowest BCUT2D eigenvalue weighted by Gasteiger charge is -2.22. The Hall–Kier alpha value is -3.85. The Kier molecular flexibility index (Phi) is 6.99. The molecule has 0 amide bonds. The summed E-state index contributed by atoms with van der Waals surface area (Å²) in [6.45, 7) is 2.06. The zero-order chi connectivity index (χ0) is 26.9. The molecule has 0 spiro atoms. The van der Waals surface area contributed by atoms with Crippen LogP contribution in [0, 0.1) is 0 Å². The molecule has 0 aliphatic heterocycles. The third kappa shape index (κ3) is 5.63. The van der Waals surface area contributed by atoms with E-state index in [9.17, 15) is 9.90 Å². The van der Waals surface area contributed by atoms with E-state index in [2.05, 4.69) is 22.1 Å². The van der Waals surface area contributed by atoms with Gasteiger partial charge in [0.05, 0.1) is 18.6 Å². The van der Waals surface area contributed by atoms with E-state index in [0.717, 1.165) is 44.1 Å². The lowest BCUT2D eigenvalue weighted by molar-refractivity contribution is 0.283. The fraction of sp³-hybridized carbons (Fsp3) is 0.379. The fourth-order valence-corrected chi connectivity index (χ4v) is 4.45. The van der Waals surface area contributed by atoms with Crippen molar-refractivity contribution < 1.29 is 19.0 Å². The van der Waals surface area contributed by atoms with Gasteiger partial charge in [0.2, 0.25) is 11.8 Å². The van der Waals surface area contributed by atoms with Gasteiger partial charge in [-0.05, 0) is 61.9 Å². The van der Waals surface area contributed by atoms with Gasteiger partial charge in [-0.1, -0.05) is 43.1 Å². The van der Waals surface area contributed by atoms with Gasteiger partial charge < -0.3 is 19.0 Å². The molecule has 202 valence electrons. The van der Waals surface area contributed by atoms with Crippen LogP contribution in [0.25, 0.3) is 17.1 Å². The van der Waals surface area contributed by atoms with Crippen LogP contribution in [-0.4, -0.2) is 37.1 Å². The van der Waals surface area contributed by atoms with E-state index in [1.807, 2.05) is 30.3 Å². The predicted octanol–water partition coefficient (Wildman–Crippen LogP) is 5.66. The molecule has 39 heavy (non-hydrogen) atoms. The van der Waals surface area contributed by atoms with Crippen LogP contribution in [0.2, 0.25) is 5.02 Å². The topological polar surface area (TPSA) is 112 Å². The Bertz CT molecular complexity index is 1510. The molecular formula is C29H29ClN4O5. The van der Waals surface area contributed by atoms with Crippen molar-refractivity contribution in [3.05, 3.63) is 75.1 Å². The fourth-order valence-electron chi connectivity index (χ4n) is 4.32. The van der Waals surface area contributed by atoms with Gasteiger partial charge in [-0.3, -0.25) is 9.36 Å². The Morgan fingerprint density at radius 2 is 1.69 bits per heavy atom. The molecule has 0 atom stereocenters. The molecule has 2 aromatic carbocycles. The van der Waals surface area contributed by atoms with Crippen LogP contribution in [0.3, 0.4) is 0 Å². The number of halogens is 1. The highest BCUT2D eigenvalue weighted by Gasteiger charge is 2.32. The highest BCUT2D eigenvalue weighted by molar-refractivity contribution is 6.30. The molecule has 4 aromatic rings. The van der Waals surface area contributed by atoms with Crippen molar-refractivity contribution in [3.63, 3.8) is 0 Å². The summed E-state index contributed by atoms with van der Waals surface area (Å²) >= 11 is 5.99. The monoisotopic (exact) mass is 548 g/mol. The number of hydrogen-bond acceptors (Lipinski definition) is 8. The Morgan fingerprint density at radius 1 is 1.03 bits per heavy atom. The minimum Gasteiger partial charge on any atom is -0.493 e. The number of aromatic hydroxyl groups is 1. The smallest absolute Gasteiger partial charge is 0.289 e. The minimum absolute atomic E-state index is 0.102. The number of rotatable bonds is 11. The number of ether oxygens (including phenoxy) is 2. The highest BCUT2D eigenvalue weighted by Crippen LogP contribution is 2.42. The summed E-state index contributed by atoms with van der Waals surface area (Å²) in [5, 5.41) is 20.5. The third-order valence-electron chi connectivity index (χ3n) is 6.66. The molecule has 0 saturated heterocycles. The summed E-state index contributed by atoms with van der Waals surface area (Å²) in [5.41, 5.74) is 0.636. The minimum atomic E-state index is -0.637. The van der Waals surface area contributed by atoms with Crippen LogP contribution in [0.15, 0.2) is 51.7 Å². The van der Waals surface area contributed by atoms with Crippen molar-refractivity contribution in [1.29, 1.82) is 0 Å². The van der Waals surface area contributed by atoms with Gasteiger partial charge in [0.15, 0.2) is 5.56 Å². The zero-order valence-corrected chi connectivity index (χ0v) is 22.4. The van der Waals surface area contributed by atoms with Crippen molar-refractivity contribution in [3.8, 4) is 34.5 Å². The second-order valence-corrected chi connectivity index (χ2v) is 10.4. The first kappa shape index (κ1) is 25.4. The van der Waals surface area contributed by atoms with Crippen molar-refractivity contribution in [2.75, 3.05) is 0 Å². The van der Waals surface area contributed by atoms with Crippen LogP contribution in [0.1, 0.15) is 62.7 Å². The molecule has 2 saturated carbocycles. The molecule has 2 heterocycles. The molecule has 2 aliphatic rings. The first-order valence-electron chi connectivity index (χ1n) is 13.4. The number of benzene rings is 2. The molecule has 2 fully saturated rings. The van der Waals surface area contributed by atoms with Crippen LogP contribution in [-0.2, 0) is 12.8 Å². The second kappa shape index (κ2) is 10.7. The lowest BCUT2D eigenvalue weighted by Crippen LogP contribution is -2.21. The van der Waals surface area contributed by atoms with Crippen molar-refractivity contribution >= 4 is 11.6 Å². The van der Waals surface area contributed by atoms with E-state index in [1.165, 1.54) is 0 Å². The van der Waals surface area contributed by atoms with Crippen molar-refractivity contribution in [2.45, 2.75) is 70.5 Å². The van der Waals surface area contributed by atoms with Crippen LogP contribution < -0.4 is 15.0 Å². The van der Waals surface area contributed by atoms with Gasteiger partial charge in [-0.15, -0.1) is 10.2 Å². The third-order valence-corrected chi connectivity index (χ3v) is 6.91. The summed E-state index contributed by atoms with van der Waals surface area (Å²) < 4.78 is 19.9. The predicted molar refractivity (Wildman–Crippen MR) is 145 cm³/mol. The van der Waals surface area contributed by atoms with Crippen LogP contribution in [0.5, 0.6) is 17.4 Å². The SMILES string of the molecule is CCCCc1nc(=O)c(-c2nnc(Cc3ccc(Cl)cc3)o2)c(O)n1-c1c(OC2CC2)cccc1OC1CC1. The maximum Gasteiger partial charge on any atom is 0.289 e. The van der Waals surface area contributed by atoms with Gasteiger partial charge in [-0.2, -0.15) is 4.98 Å². The first-order valence-corrected chi connectivity index (χ1v) is 13.8. The van der Waals surface area contributed by atoms with E-state index in [4.69, 9.17) is 25.5 Å². The van der Waals surface area contributed by atoms with Gasteiger partial charge in [0, 0.05) is 11.4 Å². The molecule has 2 aromatic heterocycles. The number of aryl methyl sites for hydroxylation is 1. The van der Waals surface area contributed by atoms with E-state index in [1.54, 1.807) is 16.7 Å². The number of nitrogens with zero attached hydrogens (tertiary/aromatic N) is 4. The molecule has 10 heteroatoms. The molecule has 0 unspecified atom stereocenters. The van der Waals surface area contributed by atoms with Gasteiger partial charge in [-0.25, -0.2) is 0 Å². The Morgan fingerprint density at radius 3 is 2.31 bits per heavy atom. The van der Waals surface area contributed by atoms with Gasteiger partial charge in [0.25, 0.3) is 11.4 Å². The molecule has 2 aliphatic carbocycles. The zero-order valence-electron chi connectivity index (χ0n) is 21.6. The van der Waals surface area contributed by atoms with Gasteiger partial charge >= 0.3 is 0 Å². The Balaban J connectivity index is 1.46. The number of unbranched alkanes of at least 4 members (excludes halogenated alkanes) is 1. The van der Waals surface area contributed by atoms with E-state index >= 15 is 0 Å². The lowest BCUT2D eigenvalue weighted by atomic mass is 10.1. The highest BCUT2D eigenvalue weighted by atomic mass is 35.5. The molecule has 6 rings (SSSR count). The van der Waals surface area contributed by atoms with E-state index in [0.29, 0.717) is 46.8 Å². The molecular weight excluding hydrogens is 520 g/mol. The number of para-hydroxylation sites is 1.